The second-order valence-corrected chi connectivity index (χ2v) is 3.82. The van der Waals surface area contributed by atoms with Crippen LogP contribution >= 0.6 is 0 Å². The normalized spacial score (nSPS) is 16.0. The molecule has 0 aromatic carbocycles. The standard InChI is InChI=1S/C10H20N2O4/c1-6(16-4)5-11-10(15)12-8(3)7(2)9(13)14/h6-8H,5H2,1-4H3,(H,13,14)(H2,11,12,15). The summed E-state index contributed by atoms with van der Waals surface area (Å²) < 4.78 is 4.95. The zero-order valence-corrected chi connectivity index (χ0v) is 10.1. The van der Waals surface area contributed by atoms with Gasteiger partial charge in [0.15, 0.2) is 0 Å². The smallest absolute Gasteiger partial charge is 0.315 e. The molecular weight excluding hydrogens is 212 g/mol. The summed E-state index contributed by atoms with van der Waals surface area (Å²) in [6, 6.07) is -0.806. The third kappa shape index (κ3) is 5.55. The summed E-state index contributed by atoms with van der Waals surface area (Å²) in [6.07, 6.45) is -0.0713. The van der Waals surface area contributed by atoms with Gasteiger partial charge in [0.2, 0.25) is 0 Å². The van der Waals surface area contributed by atoms with Gasteiger partial charge in [-0.05, 0) is 20.8 Å². The van der Waals surface area contributed by atoms with E-state index in [1.165, 1.54) is 0 Å². The maximum atomic E-state index is 11.3. The number of urea groups is 1. The van der Waals surface area contributed by atoms with E-state index in [1.807, 2.05) is 6.92 Å². The van der Waals surface area contributed by atoms with Gasteiger partial charge in [0.1, 0.15) is 0 Å². The second kappa shape index (κ2) is 7.05. The van der Waals surface area contributed by atoms with Gasteiger partial charge in [-0.3, -0.25) is 4.79 Å². The Morgan fingerprint density at radius 3 is 2.31 bits per heavy atom. The van der Waals surface area contributed by atoms with Crippen LogP contribution in [0, 0.1) is 5.92 Å². The number of ether oxygens (including phenoxy) is 1. The molecule has 94 valence electrons. The van der Waals surface area contributed by atoms with E-state index in [0.717, 1.165) is 0 Å². The fourth-order valence-corrected chi connectivity index (χ4v) is 0.916. The molecule has 0 bridgehead atoms. The van der Waals surface area contributed by atoms with Crippen molar-refractivity contribution in [1.82, 2.24) is 10.6 Å². The largest absolute Gasteiger partial charge is 0.481 e. The van der Waals surface area contributed by atoms with E-state index in [1.54, 1.807) is 21.0 Å². The molecule has 0 aliphatic heterocycles. The van der Waals surface area contributed by atoms with Gasteiger partial charge in [0.05, 0.1) is 12.0 Å². The first-order chi connectivity index (χ1) is 7.38. The number of aliphatic carboxylic acids is 1. The Hall–Kier alpha value is -1.30. The van der Waals surface area contributed by atoms with Crippen LogP contribution in [0.4, 0.5) is 4.79 Å². The van der Waals surface area contributed by atoms with Crippen LogP contribution in [0.1, 0.15) is 20.8 Å². The Kier molecular flexibility index (Phi) is 6.48. The Labute approximate surface area is 95.4 Å². The molecule has 0 saturated carbocycles. The molecular formula is C10H20N2O4. The molecule has 0 aromatic rings. The van der Waals surface area contributed by atoms with Crippen molar-refractivity contribution in [1.29, 1.82) is 0 Å². The molecule has 0 aliphatic carbocycles. The minimum absolute atomic E-state index is 0.0713. The van der Waals surface area contributed by atoms with Gasteiger partial charge in [-0.25, -0.2) is 4.79 Å². The molecule has 0 rings (SSSR count). The van der Waals surface area contributed by atoms with Crippen LogP contribution < -0.4 is 10.6 Å². The number of carbonyl (C=O) groups is 2. The third-order valence-electron chi connectivity index (χ3n) is 2.45. The molecule has 2 amide bonds. The van der Waals surface area contributed by atoms with E-state index < -0.39 is 17.9 Å². The average Bonchev–Trinajstić information content (AvgIpc) is 2.24. The van der Waals surface area contributed by atoms with E-state index in [4.69, 9.17) is 9.84 Å². The summed E-state index contributed by atoms with van der Waals surface area (Å²) in [7, 11) is 1.55. The first-order valence-corrected chi connectivity index (χ1v) is 5.18. The number of hydrogen-bond donors (Lipinski definition) is 3. The number of hydrogen-bond acceptors (Lipinski definition) is 3. The van der Waals surface area contributed by atoms with Crippen LogP contribution in [0.25, 0.3) is 0 Å². The fraction of sp³-hybridized carbons (Fsp3) is 0.800. The molecule has 0 spiro atoms. The summed E-state index contributed by atoms with van der Waals surface area (Å²) in [4.78, 5) is 22.0. The molecule has 3 N–H and O–H groups in total. The molecule has 0 aliphatic rings. The molecule has 0 fully saturated rings. The van der Waals surface area contributed by atoms with Crippen LogP contribution in [0.5, 0.6) is 0 Å². The SMILES string of the molecule is COC(C)CNC(=O)NC(C)C(C)C(=O)O. The van der Waals surface area contributed by atoms with Gasteiger partial charge >= 0.3 is 12.0 Å². The highest BCUT2D eigenvalue weighted by Crippen LogP contribution is 2.01. The zero-order valence-electron chi connectivity index (χ0n) is 10.1. The molecule has 16 heavy (non-hydrogen) atoms. The van der Waals surface area contributed by atoms with Gasteiger partial charge in [0.25, 0.3) is 0 Å². The molecule has 6 heteroatoms. The number of amides is 2. The lowest BCUT2D eigenvalue weighted by molar-refractivity contribution is -0.141. The second-order valence-electron chi connectivity index (χ2n) is 3.82. The summed E-state index contributed by atoms with van der Waals surface area (Å²) in [5, 5.41) is 13.9. The molecule has 6 nitrogen and oxygen atoms in total. The monoisotopic (exact) mass is 232 g/mol. The predicted molar refractivity (Wildman–Crippen MR) is 59.3 cm³/mol. The maximum Gasteiger partial charge on any atom is 0.315 e. The van der Waals surface area contributed by atoms with Crippen molar-refractivity contribution in [2.75, 3.05) is 13.7 Å². The predicted octanol–water partition coefficient (Wildman–Crippen LogP) is 0.430. The van der Waals surface area contributed by atoms with Crippen LogP contribution in [0.2, 0.25) is 0 Å². The van der Waals surface area contributed by atoms with Crippen molar-refractivity contribution in [2.45, 2.75) is 32.9 Å². The molecule has 0 aromatic heterocycles. The summed E-state index contributed by atoms with van der Waals surface area (Å²) >= 11 is 0. The summed E-state index contributed by atoms with van der Waals surface area (Å²) in [6.45, 7) is 5.41. The Morgan fingerprint density at radius 1 is 1.31 bits per heavy atom. The van der Waals surface area contributed by atoms with Crippen molar-refractivity contribution < 1.29 is 19.4 Å². The van der Waals surface area contributed by atoms with Gasteiger partial charge in [0, 0.05) is 19.7 Å². The van der Waals surface area contributed by atoms with Crippen LogP contribution in [0.3, 0.4) is 0 Å². The van der Waals surface area contributed by atoms with Crippen molar-refractivity contribution in [3.8, 4) is 0 Å². The highest BCUT2D eigenvalue weighted by Gasteiger charge is 2.20. The Balaban J connectivity index is 3.91. The van der Waals surface area contributed by atoms with Crippen LogP contribution in [-0.4, -0.2) is 42.9 Å². The fourth-order valence-electron chi connectivity index (χ4n) is 0.916. The van der Waals surface area contributed by atoms with Crippen LogP contribution in [0.15, 0.2) is 0 Å². The molecule has 3 atom stereocenters. The van der Waals surface area contributed by atoms with Gasteiger partial charge in [-0.1, -0.05) is 0 Å². The summed E-state index contributed by atoms with van der Waals surface area (Å²) in [5.74, 6) is -1.55. The lowest BCUT2D eigenvalue weighted by atomic mass is 10.0. The molecule has 0 saturated heterocycles. The Morgan fingerprint density at radius 2 is 1.88 bits per heavy atom. The number of carbonyl (C=O) groups excluding carboxylic acids is 1. The summed E-state index contributed by atoms with van der Waals surface area (Å²) in [5.41, 5.74) is 0. The van der Waals surface area contributed by atoms with E-state index in [9.17, 15) is 9.59 Å². The number of methoxy groups -OCH3 is 1. The maximum absolute atomic E-state index is 11.3. The number of nitrogens with one attached hydrogen (secondary N) is 2. The van der Waals surface area contributed by atoms with Gasteiger partial charge < -0.3 is 20.5 Å². The van der Waals surface area contributed by atoms with Gasteiger partial charge in [-0.15, -0.1) is 0 Å². The number of carboxylic acids is 1. The minimum Gasteiger partial charge on any atom is -0.481 e. The van der Waals surface area contributed by atoms with Crippen LogP contribution in [-0.2, 0) is 9.53 Å². The van der Waals surface area contributed by atoms with Crippen molar-refractivity contribution in [3.05, 3.63) is 0 Å². The van der Waals surface area contributed by atoms with Crippen molar-refractivity contribution in [2.24, 2.45) is 5.92 Å². The molecule has 0 heterocycles. The van der Waals surface area contributed by atoms with E-state index in [2.05, 4.69) is 10.6 Å². The minimum atomic E-state index is -0.932. The topological polar surface area (TPSA) is 87.7 Å². The average molecular weight is 232 g/mol. The number of rotatable bonds is 6. The molecule has 0 radical (unpaired) electrons. The lowest BCUT2D eigenvalue weighted by Crippen LogP contribution is -2.46. The van der Waals surface area contributed by atoms with E-state index in [-0.39, 0.29) is 12.1 Å². The first kappa shape index (κ1) is 14.7. The number of carboxylic acid groups (broad SMARTS) is 1. The third-order valence-corrected chi connectivity index (χ3v) is 2.45. The lowest BCUT2D eigenvalue weighted by Gasteiger charge is -2.19. The van der Waals surface area contributed by atoms with Gasteiger partial charge in [-0.2, -0.15) is 0 Å². The van der Waals surface area contributed by atoms with Crippen molar-refractivity contribution >= 4 is 12.0 Å². The Bertz CT molecular complexity index is 245. The zero-order chi connectivity index (χ0) is 12.7. The highest BCUT2D eigenvalue weighted by atomic mass is 16.5. The first-order valence-electron chi connectivity index (χ1n) is 5.18. The van der Waals surface area contributed by atoms with Crippen molar-refractivity contribution in [3.63, 3.8) is 0 Å². The van der Waals surface area contributed by atoms with E-state index >= 15 is 0 Å². The quantitative estimate of drug-likeness (QED) is 0.619. The highest BCUT2D eigenvalue weighted by molar-refractivity contribution is 5.76. The molecule has 3 unspecified atom stereocenters. The van der Waals surface area contributed by atoms with E-state index in [0.29, 0.717) is 6.54 Å².